The third-order valence-electron chi connectivity index (χ3n) is 5.17. The van der Waals surface area contributed by atoms with E-state index < -0.39 is 0 Å². The Morgan fingerprint density at radius 3 is 2.48 bits per heavy atom. The first-order chi connectivity index (χ1) is 16.1. The van der Waals surface area contributed by atoms with Gasteiger partial charge >= 0.3 is 0 Å². The fourth-order valence-electron chi connectivity index (χ4n) is 3.56. The molecule has 0 aliphatic carbocycles. The molecule has 0 bridgehead atoms. The minimum absolute atomic E-state index is 0.165. The first kappa shape index (κ1) is 20.1. The monoisotopic (exact) mass is 433 g/mol. The lowest BCUT2D eigenvalue weighted by Crippen LogP contribution is -2.11. The lowest BCUT2D eigenvalue weighted by Gasteiger charge is -2.03. The molecular weight excluding hydrogens is 417 g/mol. The highest BCUT2D eigenvalue weighted by Gasteiger charge is 2.14. The summed E-state index contributed by atoms with van der Waals surface area (Å²) in [4.78, 5) is 19.6. The number of para-hydroxylation sites is 2. The van der Waals surface area contributed by atoms with E-state index in [0.29, 0.717) is 27.7 Å². The van der Waals surface area contributed by atoms with E-state index in [4.69, 9.17) is 0 Å². The van der Waals surface area contributed by atoms with Gasteiger partial charge in [0, 0.05) is 17.3 Å². The summed E-state index contributed by atoms with van der Waals surface area (Å²) in [6.45, 7) is 0. The molecule has 1 N–H and O–H groups in total. The Morgan fingerprint density at radius 2 is 1.73 bits per heavy atom. The average molecular weight is 433 g/mol. The van der Waals surface area contributed by atoms with Gasteiger partial charge in [0.25, 0.3) is 5.56 Å². The summed E-state index contributed by atoms with van der Waals surface area (Å²) in [5.74, 6) is -0.187. The van der Waals surface area contributed by atoms with Gasteiger partial charge in [-0.3, -0.25) is 4.79 Å². The van der Waals surface area contributed by atoms with E-state index in [1.54, 1.807) is 53.4 Å². The number of allylic oxidation sites excluding steroid dienone is 1. The van der Waals surface area contributed by atoms with Gasteiger partial charge in [0.05, 0.1) is 27.9 Å². The second-order valence-electron chi connectivity index (χ2n) is 7.32. The van der Waals surface area contributed by atoms with Crippen LogP contribution in [-0.2, 0) is 0 Å². The van der Waals surface area contributed by atoms with Crippen molar-refractivity contribution in [1.82, 2.24) is 19.7 Å². The number of nitrogens with one attached hydrogen (secondary N) is 1. The molecule has 0 saturated heterocycles. The van der Waals surface area contributed by atoms with Crippen LogP contribution in [0.5, 0.6) is 0 Å². The molecule has 0 aliphatic rings. The van der Waals surface area contributed by atoms with E-state index in [9.17, 15) is 14.4 Å². The van der Waals surface area contributed by atoms with Crippen LogP contribution in [0.3, 0.4) is 0 Å². The van der Waals surface area contributed by atoms with Crippen molar-refractivity contribution in [3.63, 3.8) is 0 Å². The molecule has 0 aliphatic heterocycles. The summed E-state index contributed by atoms with van der Waals surface area (Å²) in [5.41, 5.74) is 3.05. The number of fused-ring (bicyclic) bond motifs is 1. The summed E-state index contributed by atoms with van der Waals surface area (Å²) in [6, 6.07) is 24.6. The van der Waals surface area contributed by atoms with Crippen molar-refractivity contribution in [2.45, 2.75) is 0 Å². The molecule has 5 aromatic rings. The largest absolute Gasteiger partial charge is 0.305 e. The Labute approximate surface area is 187 Å². The molecule has 2 aromatic heterocycles. The van der Waals surface area contributed by atoms with Crippen molar-refractivity contribution in [1.29, 1.82) is 5.26 Å². The fourth-order valence-corrected chi connectivity index (χ4v) is 3.56. The molecule has 33 heavy (non-hydrogen) atoms. The minimum Gasteiger partial charge on any atom is -0.305 e. The smallest absolute Gasteiger partial charge is 0.259 e. The normalized spacial score (nSPS) is 11.5. The van der Waals surface area contributed by atoms with Crippen molar-refractivity contribution in [2.24, 2.45) is 0 Å². The van der Waals surface area contributed by atoms with Crippen LogP contribution in [0.2, 0.25) is 0 Å². The van der Waals surface area contributed by atoms with E-state index in [-0.39, 0.29) is 22.8 Å². The van der Waals surface area contributed by atoms with Gasteiger partial charge in [0.2, 0.25) is 0 Å². The van der Waals surface area contributed by atoms with Gasteiger partial charge in [0.1, 0.15) is 11.9 Å². The maximum Gasteiger partial charge on any atom is 0.259 e. The Balaban J connectivity index is 1.68. The molecule has 0 spiro atoms. The summed E-state index contributed by atoms with van der Waals surface area (Å²) >= 11 is 0. The number of aromatic amines is 1. The second-order valence-corrected chi connectivity index (χ2v) is 7.32. The molecule has 3 aromatic carbocycles. The van der Waals surface area contributed by atoms with Gasteiger partial charge in [-0.25, -0.2) is 14.1 Å². The number of benzene rings is 3. The van der Waals surface area contributed by atoms with E-state index in [1.807, 2.05) is 30.3 Å². The maximum atomic E-state index is 13.5. The number of rotatable bonds is 4. The zero-order valence-electron chi connectivity index (χ0n) is 17.2. The summed E-state index contributed by atoms with van der Waals surface area (Å²) < 4.78 is 15.2. The summed E-state index contributed by atoms with van der Waals surface area (Å²) in [7, 11) is 0. The quantitative estimate of drug-likeness (QED) is 0.405. The number of hydrogen-bond donors (Lipinski definition) is 1. The van der Waals surface area contributed by atoms with Crippen molar-refractivity contribution >= 4 is 22.6 Å². The molecule has 2 heterocycles. The molecule has 0 fully saturated rings. The summed E-state index contributed by atoms with van der Waals surface area (Å²) in [5, 5.41) is 15.0. The van der Waals surface area contributed by atoms with Gasteiger partial charge in [-0.2, -0.15) is 10.4 Å². The highest BCUT2D eigenvalue weighted by molar-refractivity contribution is 5.91. The molecule has 0 radical (unpaired) electrons. The zero-order valence-corrected chi connectivity index (χ0v) is 17.2. The molecular formula is C26H16FN5O. The predicted octanol–water partition coefficient (Wildman–Crippen LogP) is 4.98. The van der Waals surface area contributed by atoms with Crippen LogP contribution in [0.15, 0.2) is 89.9 Å². The average Bonchev–Trinajstić information content (AvgIpc) is 3.27. The SMILES string of the molecule is N#CC(=Cc1cn(-c2ccccc2)nc1-c1ccc(F)cc1)c1nc2ccccc2c(=O)[nH]1. The molecule has 0 unspecified atom stereocenters. The van der Waals surface area contributed by atoms with E-state index in [2.05, 4.69) is 21.1 Å². The van der Waals surface area contributed by atoms with Crippen LogP contribution in [-0.4, -0.2) is 19.7 Å². The second kappa shape index (κ2) is 8.36. The van der Waals surface area contributed by atoms with E-state index in [0.717, 1.165) is 5.69 Å². The van der Waals surface area contributed by atoms with E-state index in [1.165, 1.54) is 12.1 Å². The van der Waals surface area contributed by atoms with Crippen molar-refractivity contribution in [2.75, 3.05) is 0 Å². The first-order valence-electron chi connectivity index (χ1n) is 10.1. The minimum atomic E-state index is -0.353. The van der Waals surface area contributed by atoms with Crippen molar-refractivity contribution in [3.05, 3.63) is 113 Å². The number of H-pyrrole nitrogens is 1. The number of nitrogens with zero attached hydrogens (tertiary/aromatic N) is 4. The fraction of sp³-hybridized carbons (Fsp3) is 0. The molecule has 7 heteroatoms. The number of hydrogen-bond acceptors (Lipinski definition) is 4. The standard InChI is InChI=1S/C26H16FN5O/c27-20-12-10-17(11-13-20)24-19(16-32(31-24)21-6-2-1-3-7-21)14-18(15-28)25-29-23-9-5-4-8-22(23)26(33)30-25/h1-14,16H,(H,29,30,33). The highest BCUT2D eigenvalue weighted by atomic mass is 19.1. The molecule has 0 amide bonds. The van der Waals surface area contributed by atoms with Gasteiger partial charge < -0.3 is 4.98 Å². The maximum absolute atomic E-state index is 13.5. The Kier molecular flexibility index (Phi) is 5.09. The van der Waals surface area contributed by atoms with Gasteiger partial charge in [-0.1, -0.05) is 30.3 Å². The number of aromatic nitrogens is 4. The van der Waals surface area contributed by atoms with Crippen LogP contribution < -0.4 is 5.56 Å². The molecule has 0 saturated carbocycles. The lowest BCUT2D eigenvalue weighted by molar-refractivity contribution is 0.628. The molecule has 6 nitrogen and oxygen atoms in total. The van der Waals surface area contributed by atoms with Crippen LogP contribution in [0.4, 0.5) is 4.39 Å². The third kappa shape index (κ3) is 3.93. The van der Waals surface area contributed by atoms with Crippen LogP contribution in [0.1, 0.15) is 11.4 Å². The van der Waals surface area contributed by atoms with Crippen LogP contribution in [0, 0.1) is 17.1 Å². The Bertz CT molecular complexity index is 1590. The Morgan fingerprint density at radius 1 is 1.00 bits per heavy atom. The van der Waals surface area contributed by atoms with Gasteiger partial charge in [-0.05, 0) is 54.6 Å². The third-order valence-corrected chi connectivity index (χ3v) is 5.17. The predicted molar refractivity (Wildman–Crippen MR) is 125 cm³/mol. The van der Waals surface area contributed by atoms with Crippen molar-refractivity contribution in [3.8, 4) is 23.0 Å². The number of nitriles is 1. The molecule has 158 valence electrons. The number of halogens is 1. The zero-order chi connectivity index (χ0) is 22.8. The highest BCUT2D eigenvalue weighted by Crippen LogP contribution is 2.27. The van der Waals surface area contributed by atoms with Crippen LogP contribution in [0.25, 0.3) is 39.5 Å². The Hall–Kier alpha value is -4.83. The lowest BCUT2D eigenvalue weighted by atomic mass is 10.1. The molecule has 5 rings (SSSR count). The van der Waals surface area contributed by atoms with E-state index >= 15 is 0 Å². The van der Waals surface area contributed by atoms with Gasteiger partial charge in [0.15, 0.2) is 5.82 Å². The molecule has 0 atom stereocenters. The van der Waals surface area contributed by atoms with Crippen LogP contribution >= 0.6 is 0 Å². The first-order valence-corrected chi connectivity index (χ1v) is 10.1. The van der Waals surface area contributed by atoms with Crippen molar-refractivity contribution < 1.29 is 4.39 Å². The topological polar surface area (TPSA) is 87.4 Å². The summed E-state index contributed by atoms with van der Waals surface area (Å²) in [6.07, 6.45) is 3.41. The van der Waals surface area contributed by atoms with Gasteiger partial charge in [-0.15, -0.1) is 0 Å².